The van der Waals surface area contributed by atoms with Crippen LogP contribution >= 0.6 is 0 Å². The number of likely N-dealkylation sites (tertiary alicyclic amines) is 1. The average molecular weight is 294 g/mol. The molecule has 1 fully saturated rings. The Hall–Kier alpha value is -2.12. The van der Waals surface area contributed by atoms with E-state index in [1.807, 2.05) is 12.1 Å². The van der Waals surface area contributed by atoms with E-state index in [0.717, 1.165) is 5.56 Å². The van der Waals surface area contributed by atoms with E-state index in [1.165, 1.54) is 0 Å². The van der Waals surface area contributed by atoms with Crippen LogP contribution in [0, 0.1) is 0 Å². The molecule has 1 aliphatic heterocycles. The molecule has 1 unspecified atom stereocenters. The minimum absolute atomic E-state index is 0.00529. The Bertz CT molecular complexity index is 545. The van der Waals surface area contributed by atoms with Crippen molar-refractivity contribution < 1.29 is 24.5 Å². The zero-order valence-corrected chi connectivity index (χ0v) is 11.7. The topological polar surface area (TPSA) is 113 Å². The van der Waals surface area contributed by atoms with Gasteiger partial charge in [0.1, 0.15) is 17.3 Å². The molecule has 0 bridgehead atoms. The smallest absolute Gasteiger partial charge is 0.325 e. The Kier molecular flexibility index (Phi) is 4.15. The molecule has 2 rings (SSSR count). The van der Waals surface area contributed by atoms with Crippen LogP contribution in [-0.2, 0) is 16.1 Å². The first kappa shape index (κ1) is 15.3. The van der Waals surface area contributed by atoms with Crippen molar-refractivity contribution in [3.63, 3.8) is 0 Å². The van der Waals surface area contributed by atoms with Crippen LogP contribution in [0.4, 0.5) is 0 Å². The van der Waals surface area contributed by atoms with Gasteiger partial charge >= 0.3 is 11.9 Å². The van der Waals surface area contributed by atoms with E-state index in [0.29, 0.717) is 12.3 Å². The number of nitrogens with zero attached hydrogens (tertiary/aromatic N) is 1. The third-order valence-electron chi connectivity index (χ3n) is 3.74. The first-order valence-electron chi connectivity index (χ1n) is 6.48. The summed E-state index contributed by atoms with van der Waals surface area (Å²) in [5.41, 5.74) is 5.15. The van der Waals surface area contributed by atoms with Gasteiger partial charge in [-0.2, -0.15) is 0 Å². The fourth-order valence-electron chi connectivity index (χ4n) is 2.54. The van der Waals surface area contributed by atoms with Crippen molar-refractivity contribution in [3.05, 3.63) is 29.8 Å². The number of aliphatic carboxylic acids is 2. The van der Waals surface area contributed by atoms with Gasteiger partial charge in [0.15, 0.2) is 0 Å². The molecule has 0 radical (unpaired) electrons. The van der Waals surface area contributed by atoms with E-state index >= 15 is 0 Å². The highest BCUT2D eigenvalue weighted by atomic mass is 16.5. The molecular weight excluding hydrogens is 276 g/mol. The van der Waals surface area contributed by atoms with Crippen LogP contribution in [0.25, 0.3) is 0 Å². The number of methoxy groups -OCH3 is 1. The quantitative estimate of drug-likeness (QED) is 0.707. The second-order valence-electron chi connectivity index (χ2n) is 5.27. The Morgan fingerprint density at radius 2 is 2.00 bits per heavy atom. The highest BCUT2D eigenvalue weighted by Crippen LogP contribution is 2.28. The largest absolute Gasteiger partial charge is 0.497 e. The van der Waals surface area contributed by atoms with Crippen molar-refractivity contribution >= 4 is 11.9 Å². The molecule has 2 atom stereocenters. The molecule has 1 heterocycles. The third kappa shape index (κ3) is 3.14. The summed E-state index contributed by atoms with van der Waals surface area (Å²) in [7, 11) is 1.56. The number of hydrogen-bond acceptors (Lipinski definition) is 5. The summed E-state index contributed by atoms with van der Waals surface area (Å²) < 4.78 is 5.06. The third-order valence-corrected chi connectivity index (χ3v) is 3.74. The molecule has 1 aromatic rings. The van der Waals surface area contributed by atoms with Crippen molar-refractivity contribution in [3.8, 4) is 5.75 Å². The molecular formula is C14H18N2O5. The van der Waals surface area contributed by atoms with E-state index in [1.54, 1.807) is 24.1 Å². The van der Waals surface area contributed by atoms with Gasteiger partial charge in [-0.1, -0.05) is 12.1 Å². The Labute approximate surface area is 121 Å². The van der Waals surface area contributed by atoms with Crippen molar-refractivity contribution in [2.75, 3.05) is 13.7 Å². The number of ether oxygens (including phenoxy) is 1. The van der Waals surface area contributed by atoms with Crippen LogP contribution < -0.4 is 10.5 Å². The number of benzene rings is 1. The number of carboxylic acid groups (broad SMARTS) is 2. The van der Waals surface area contributed by atoms with E-state index in [-0.39, 0.29) is 13.0 Å². The predicted octanol–water partition coefficient (Wildman–Crippen LogP) is 0.136. The maximum atomic E-state index is 11.3. The van der Waals surface area contributed by atoms with Gasteiger partial charge in [-0.25, -0.2) is 0 Å². The lowest BCUT2D eigenvalue weighted by atomic mass is 9.98. The monoisotopic (exact) mass is 294 g/mol. The molecule has 7 nitrogen and oxygen atoms in total. The predicted molar refractivity (Wildman–Crippen MR) is 74.0 cm³/mol. The average Bonchev–Trinajstić information content (AvgIpc) is 2.78. The van der Waals surface area contributed by atoms with Gasteiger partial charge in [-0.3, -0.25) is 14.5 Å². The lowest BCUT2D eigenvalue weighted by Crippen LogP contribution is -2.50. The zero-order chi connectivity index (χ0) is 15.6. The fourth-order valence-corrected chi connectivity index (χ4v) is 2.54. The van der Waals surface area contributed by atoms with E-state index in [9.17, 15) is 14.7 Å². The van der Waals surface area contributed by atoms with Gasteiger partial charge in [0, 0.05) is 19.5 Å². The number of carboxylic acids is 2. The summed E-state index contributed by atoms with van der Waals surface area (Å²) in [6, 6.07) is 6.28. The molecule has 0 aliphatic carbocycles. The molecule has 0 spiro atoms. The van der Waals surface area contributed by atoms with E-state index in [4.69, 9.17) is 15.6 Å². The second kappa shape index (κ2) is 5.71. The van der Waals surface area contributed by atoms with Gasteiger partial charge in [0.25, 0.3) is 0 Å². The first-order valence-corrected chi connectivity index (χ1v) is 6.48. The van der Waals surface area contributed by atoms with Gasteiger partial charge in [0.05, 0.1) is 7.11 Å². The van der Waals surface area contributed by atoms with Crippen LogP contribution in [0.15, 0.2) is 24.3 Å². The van der Waals surface area contributed by atoms with Gasteiger partial charge in [-0.05, 0) is 17.7 Å². The zero-order valence-electron chi connectivity index (χ0n) is 11.7. The molecule has 1 aliphatic rings. The summed E-state index contributed by atoms with van der Waals surface area (Å²) in [6.07, 6.45) is -0.103. The van der Waals surface area contributed by atoms with Crippen molar-refractivity contribution in [1.82, 2.24) is 4.90 Å². The maximum absolute atomic E-state index is 11.3. The SMILES string of the molecule is COc1ccc(CN2C[C@@](N)(C(=O)O)CC2C(=O)O)cc1. The Balaban J connectivity index is 2.16. The number of nitrogens with two attached hydrogens (primary N) is 1. The minimum atomic E-state index is -1.52. The van der Waals surface area contributed by atoms with Crippen LogP contribution in [0.5, 0.6) is 5.75 Å². The van der Waals surface area contributed by atoms with Crippen LogP contribution in [-0.4, -0.2) is 52.3 Å². The highest BCUT2D eigenvalue weighted by Gasteiger charge is 2.49. The number of carbonyl (C=O) groups is 2. The Morgan fingerprint density at radius 3 is 2.48 bits per heavy atom. The van der Waals surface area contributed by atoms with Crippen molar-refractivity contribution in [2.24, 2.45) is 5.73 Å². The molecule has 4 N–H and O–H groups in total. The molecule has 1 aromatic carbocycles. The summed E-state index contributed by atoms with van der Waals surface area (Å²) in [4.78, 5) is 24.1. The molecule has 1 saturated heterocycles. The second-order valence-corrected chi connectivity index (χ2v) is 5.27. The maximum Gasteiger partial charge on any atom is 0.325 e. The molecule has 0 amide bonds. The Morgan fingerprint density at radius 1 is 1.38 bits per heavy atom. The van der Waals surface area contributed by atoms with Gasteiger partial charge in [-0.15, -0.1) is 0 Å². The van der Waals surface area contributed by atoms with Crippen LogP contribution in [0.1, 0.15) is 12.0 Å². The minimum Gasteiger partial charge on any atom is -0.497 e. The lowest BCUT2D eigenvalue weighted by Gasteiger charge is -2.21. The summed E-state index contributed by atoms with van der Waals surface area (Å²) in [5, 5.41) is 18.4. The lowest BCUT2D eigenvalue weighted by molar-refractivity contribution is -0.142. The van der Waals surface area contributed by atoms with Crippen LogP contribution in [0.3, 0.4) is 0 Å². The molecule has 0 saturated carbocycles. The van der Waals surface area contributed by atoms with Gasteiger partial charge in [0.2, 0.25) is 0 Å². The first-order chi connectivity index (χ1) is 9.85. The van der Waals surface area contributed by atoms with E-state index < -0.39 is 23.5 Å². The van der Waals surface area contributed by atoms with E-state index in [2.05, 4.69) is 0 Å². The normalized spacial score (nSPS) is 25.7. The van der Waals surface area contributed by atoms with Gasteiger partial charge < -0.3 is 20.7 Å². The summed E-state index contributed by atoms with van der Waals surface area (Å²) >= 11 is 0. The van der Waals surface area contributed by atoms with Crippen molar-refractivity contribution in [2.45, 2.75) is 24.5 Å². The van der Waals surface area contributed by atoms with Crippen LogP contribution in [0.2, 0.25) is 0 Å². The van der Waals surface area contributed by atoms with Crippen molar-refractivity contribution in [1.29, 1.82) is 0 Å². The molecule has 114 valence electrons. The molecule has 7 heteroatoms. The summed E-state index contributed by atoms with van der Waals surface area (Å²) in [6.45, 7) is 0.332. The standard InChI is InChI=1S/C14H18N2O5/c1-21-10-4-2-9(3-5-10)7-16-8-14(15,13(19)20)6-11(16)12(17)18/h2-5,11H,6-8,15H2,1H3,(H,17,18)(H,19,20)/t11?,14-/m1/s1. The molecule has 21 heavy (non-hydrogen) atoms. The highest BCUT2D eigenvalue weighted by molar-refractivity contribution is 5.83. The number of rotatable bonds is 5. The number of hydrogen-bond donors (Lipinski definition) is 3. The molecule has 0 aromatic heterocycles. The fraction of sp³-hybridized carbons (Fsp3) is 0.429. The summed E-state index contributed by atoms with van der Waals surface area (Å²) in [5.74, 6) is -1.53.